The normalized spacial score (nSPS) is 22.8. The summed E-state index contributed by atoms with van der Waals surface area (Å²) in [6.45, 7) is 13.8. The van der Waals surface area contributed by atoms with Gasteiger partial charge in [-0.2, -0.15) is 9.78 Å². The van der Waals surface area contributed by atoms with Crippen LogP contribution in [0.25, 0.3) is 0 Å². The summed E-state index contributed by atoms with van der Waals surface area (Å²) in [6, 6.07) is 7.79. The monoisotopic (exact) mass is 464 g/mol. The quantitative estimate of drug-likeness (QED) is 0.677. The number of ether oxygens (including phenoxy) is 1. The lowest BCUT2D eigenvalue weighted by Gasteiger charge is -2.39. The van der Waals surface area contributed by atoms with Crippen molar-refractivity contribution in [3.63, 3.8) is 0 Å². The maximum atomic E-state index is 13.0. The van der Waals surface area contributed by atoms with E-state index in [1.54, 1.807) is 12.4 Å². The Morgan fingerprint density at radius 3 is 2.56 bits per heavy atom. The highest BCUT2D eigenvalue weighted by Gasteiger charge is 2.38. The van der Waals surface area contributed by atoms with Gasteiger partial charge in [0.1, 0.15) is 0 Å². The first-order chi connectivity index (χ1) is 16.4. The van der Waals surface area contributed by atoms with Crippen molar-refractivity contribution in [3.8, 4) is 0 Å². The predicted octanol–water partition coefficient (Wildman–Crippen LogP) is 3.31. The van der Waals surface area contributed by atoms with Crippen LogP contribution in [0, 0.1) is 6.92 Å². The minimum atomic E-state index is -0.0677. The fourth-order valence-corrected chi connectivity index (χ4v) is 5.36. The lowest BCUT2D eigenvalue weighted by Crippen LogP contribution is -2.50. The van der Waals surface area contributed by atoms with E-state index < -0.39 is 0 Å². The number of aryl methyl sites for hydroxylation is 1. The number of morpholine rings is 1. The Balaban J connectivity index is 1.23. The summed E-state index contributed by atoms with van der Waals surface area (Å²) >= 11 is 0. The third kappa shape index (κ3) is 4.44. The molecule has 34 heavy (non-hydrogen) atoms. The van der Waals surface area contributed by atoms with Gasteiger partial charge in [0.05, 0.1) is 43.4 Å². The van der Waals surface area contributed by atoms with Gasteiger partial charge in [-0.3, -0.25) is 4.90 Å². The average Bonchev–Trinajstić information content (AvgIpc) is 3.42. The van der Waals surface area contributed by atoms with E-state index in [2.05, 4.69) is 46.6 Å². The molecular formula is C26H36N6O2. The topological polar surface area (TPSA) is 57.1 Å². The fourth-order valence-electron chi connectivity index (χ4n) is 5.36. The van der Waals surface area contributed by atoms with Gasteiger partial charge in [-0.1, -0.05) is 18.7 Å². The Bertz CT molecular complexity index is 1040. The van der Waals surface area contributed by atoms with E-state index in [9.17, 15) is 4.79 Å². The molecule has 0 saturated carbocycles. The van der Waals surface area contributed by atoms with E-state index >= 15 is 0 Å². The summed E-state index contributed by atoms with van der Waals surface area (Å²) < 4.78 is 7.26. The molecule has 182 valence electrons. The third-order valence-electron chi connectivity index (χ3n) is 7.52. The number of piperazine rings is 1. The van der Waals surface area contributed by atoms with Crippen LogP contribution in [0.1, 0.15) is 30.9 Å². The van der Waals surface area contributed by atoms with Crippen molar-refractivity contribution in [1.29, 1.82) is 0 Å². The zero-order valence-electron chi connectivity index (χ0n) is 20.6. The number of nitrogens with zero attached hydrogens (tertiary/aromatic N) is 6. The van der Waals surface area contributed by atoms with Gasteiger partial charge in [0.2, 0.25) is 0 Å². The summed E-state index contributed by atoms with van der Waals surface area (Å²) in [7, 11) is 1.93. The second-order valence-corrected chi connectivity index (χ2v) is 9.95. The molecule has 2 atom stereocenters. The molecule has 0 spiro atoms. The van der Waals surface area contributed by atoms with Crippen molar-refractivity contribution in [2.45, 2.75) is 45.3 Å². The highest BCUT2D eigenvalue weighted by molar-refractivity contribution is 5.77. The van der Waals surface area contributed by atoms with Gasteiger partial charge < -0.3 is 19.4 Å². The molecule has 2 unspecified atom stereocenters. The summed E-state index contributed by atoms with van der Waals surface area (Å²) in [5, 5.41) is 4.29. The van der Waals surface area contributed by atoms with E-state index in [-0.39, 0.29) is 6.03 Å². The molecule has 1 aromatic heterocycles. The Morgan fingerprint density at radius 2 is 1.88 bits per heavy atom. The summed E-state index contributed by atoms with van der Waals surface area (Å²) in [5.41, 5.74) is 5.82. The molecule has 8 heteroatoms. The highest BCUT2D eigenvalue weighted by Crippen LogP contribution is 2.37. The summed E-state index contributed by atoms with van der Waals surface area (Å²) in [5.74, 6) is 0. The first kappa shape index (κ1) is 22.9. The van der Waals surface area contributed by atoms with E-state index in [1.165, 1.54) is 34.3 Å². The standard InChI is InChI=1S/C26H36N6O2/c1-19(2)28(4)24-14-27-31(16-24)26(33)30-11-9-29(10-12-30)15-21-6-5-20(3)13-25(21)32-22-7-8-23(32)18-34-17-22/h5-6,13-14,16,22-23H,1,7-12,15,17-18H2,2-4H3. The van der Waals surface area contributed by atoms with Gasteiger partial charge in [0.25, 0.3) is 0 Å². The SMILES string of the molecule is C=C(C)N(C)c1cnn(C(=O)N2CCN(Cc3ccc(C)cc3N3C4CCC3COC4)CC2)c1. The second-order valence-electron chi connectivity index (χ2n) is 9.95. The third-order valence-corrected chi connectivity index (χ3v) is 7.52. The van der Waals surface area contributed by atoms with Crippen molar-refractivity contribution < 1.29 is 9.53 Å². The molecule has 1 aromatic carbocycles. The highest BCUT2D eigenvalue weighted by atomic mass is 16.5. The first-order valence-electron chi connectivity index (χ1n) is 12.3. The van der Waals surface area contributed by atoms with Crippen LogP contribution in [0.15, 0.2) is 42.9 Å². The number of fused-ring (bicyclic) bond motifs is 2. The van der Waals surface area contributed by atoms with Gasteiger partial charge in [-0.05, 0) is 43.9 Å². The van der Waals surface area contributed by atoms with Crippen molar-refractivity contribution in [2.24, 2.45) is 0 Å². The molecule has 3 aliphatic rings. The molecule has 5 rings (SSSR count). The molecule has 8 nitrogen and oxygen atoms in total. The summed E-state index contributed by atoms with van der Waals surface area (Å²) in [6.07, 6.45) is 5.92. The lowest BCUT2D eigenvalue weighted by atomic mass is 10.1. The molecule has 3 saturated heterocycles. The Kier molecular flexibility index (Phi) is 6.36. The molecule has 3 fully saturated rings. The lowest BCUT2D eigenvalue weighted by molar-refractivity contribution is 0.0903. The number of aromatic nitrogens is 2. The number of amides is 1. The molecule has 2 aromatic rings. The maximum Gasteiger partial charge on any atom is 0.344 e. The Morgan fingerprint density at radius 1 is 1.18 bits per heavy atom. The number of rotatable bonds is 5. The van der Waals surface area contributed by atoms with Crippen LogP contribution in [0.3, 0.4) is 0 Å². The van der Waals surface area contributed by atoms with Crippen molar-refractivity contribution in [1.82, 2.24) is 19.6 Å². The minimum Gasteiger partial charge on any atom is -0.377 e. The van der Waals surface area contributed by atoms with Crippen LogP contribution < -0.4 is 9.80 Å². The molecule has 4 heterocycles. The number of carbonyl (C=O) groups is 1. The number of benzene rings is 1. The molecule has 2 bridgehead atoms. The minimum absolute atomic E-state index is 0.0677. The molecule has 0 aliphatic carbocycles. The molecule has 0 radical (unpaired) electrons. The Labute approximate surface area is 202 Å². The van der Waals surface area contributed by atoms with E-state index in [0.717, 1.165) is 44.2 Å². The van der Waals surface area contributed by atoms with Crippen molar-refractivity contribution in [2.75, 3.05) is 56.2 Å². The predicted molar refractivity (Wildman–Crippen MR) is 134 cm³/mol. The first-order valence-corrected chi connectivity index (χ1v) is 12.3. The average molecular weight is 465 g/mol. The number of allylic oxidation sites excluding steroid dienone is 1. The van der Waals surface area contributed by atoms with Crippen LogP contribution in [-0.4, -0.2) is 84.1 Å². The van der Waals surface area contributed by atoms with E-state index in [0.29, 0.717) is 25.2 Å². The van der Waals surface area contributed by atoms with Gasteiger partial charge in [-0.15, -0.1) is 0 Å². The number of hydrogen-bond donors (Lipinski definition) is 0. The number of hydrogen-bond acceptors (Lipinski definition) is 6. The number of anilines is 2. The molecule has 1 amide bonds. The van der Waals surface area contributed by atoms with Gasteiger partial charge in [0, 0.05) is 51.2 Å². The van der Waals surface area contributed by atoms with Gasteiger partial charge in [0.15, 0.2) is 0 Å². The molecule has 0 N–H and O–H groups in total. The van der Waals surface area contributed by atoms with Crippen molar-refractivity contribution in [3.05, 3.63) is 54.0 Å². The van der Waals surface area contributed by atoms with E-state index in [4.69, 9.17) is 4.74 Å². The second kappa shape index (κ2) is 9.43. The molecule has 3 aliphatic heterocycles. The number of carbonyl (C=O) groups excluding carboxylic acids is 1. The smallest absolute Gasteiger partial charge is 0.344 e. The fraction of sp³-hybridized carbons (Fsp3) is 0.538. The Hall–Kier alpha value is -2.84. The van der Waals surface area contributed by atoms with Gasteiger partial charge >= 0.3 is 6.03 Å². The largest absolute Gasteiger partial charge is 0.377 e. The maximum absolute atomic E-state index is 13.0. The van der Waals surface area contributed by atoms with Crippen LogP contribution in [0.2, 0.25) is 0 Å². The van der Waals surface area contributed by atoms with E-state index in [1.807, 2.05) is 23.8 Å². The zero-order chi connectivity index (χ0) is 23.8. The van der Waals surface area contributed by atoms with Crippen LogP contribution in [0.4, 0.5) is 16.2 Å². The van der Waals surface area contributed by atoms with Crippen LogP contribution in [-0.2, 0) is 11.3 Å². The molecular weight excluding hydrogens is 428 g/mol. The van der Waals surface area contributed by atoms with Crippen LogP contribution in [0.5, 0.6) is 0 Å². The van der Waals surface area contributed by atoms with Crippen molar-refractivity contribution >= 4 is 17.4 Å². The van der Waals surface area contributed by atoms with Crippen LogP contribution >= 0.6 is 0 Å². The summed E-state index contributed by atoms with van der Waals surface area (Å²) in [4.78, 5) is 21.9. The zero-order valence-corrected chi connectivity index (χ0v) is 20.6. The van der Waals surface area contributed by atoms with Gasteiger partial charge in [-0.25, -0.2) is 4.79 Å².